The normalized spacial score (nSPS) is 11.6. The Morgan fingerprint density at radius 1 is 0.250 bits per heavy atom. The van der Waals surface area contributed by atoms with Crippen LogP contribution in [0.15, 0.2) is 233 Å². The third-order valence-electron chi connectivity index (χ3n) is 13.8. The van der Waals surface area contributed by atoms with Crippen molar-refractivity contribution in [2.45, 2.75) is 0 Å². The SMILES string of the molecule is O=c1c2cc3c(=O)n(-c4ccc(-c5ccncc5)cc4)c(=O)c3cc2c(=O)n1-c1ccc(-c2ccncc2)cc1.O=c1c2cc3c(=O)n(-c4cccc5ncccc45)c(=O)c3cc2c(=O)n1-c1cccc2ncccc12. The van der Waals surface area contributed by atoms with E-state index in [4.69, 9.17) is 0 Å². The molecule has 0 N–H and O–H groups in total. The molecule has 0 unspecified atom stereocenters. The van der Waals surface area contributed by atoms with E-state index >= 15 is 0 Å². The lowest BCUT2D eigenvalue weighted by atomic mass is 10.1. The van der Waals surface area contributed by atoms with Crippen LogP contribution in [-0.4, -0.2) is 38.2 Å². The van der Waals surface area contributed by atoms with Crippen LogP contribution in [0.1, 0.15) is 0 Å². The molecule has 14 rings (SSSR count). The summed E-state index contributed by atoms with van der Waals surface area (Å²) in [6.07, 6.45) is 10.0. The second kappa shape index (κ2) is 17.3. The van der Waals surface area contributed by atoms with Crippen molar-refractivity contribution in [3.8, 4) is 45.0 Å². The van der Waals surface area contributed by atoms with E-state index in [1.54, 1.807) is 122 Å². The molecule has 0 amide bonds. The fourth-order valence-corrected chi connectivity index (χ4v) is 10.1. The number of rotatable bonds is 6. The van der Waals surface area contributed by atoms with Gasteiger partial charge in [0.1, 0.15) is 0 Å². The van der Waals surface area contributed by atoms with Gasteiger partial charge in [-0.25, -0.2) is 18.3 Å². The van der Waals surface area contributed by atoms with Crippen molar-refractivity contribution >= 4 is 64.9 Å². The van der Waals surface area contributed by atoms with Gasteiger partial charge in [0.2, 0.25) is 0 Å². The van der Waals surface area contributed by atoms with Crippen molar-refractivity contribution in [2.75, 3.05) is 0 Å². The van der Waals surface area contributed by atoms with E-state index < -0.39 is 44.5 Å². The molecule has 0 saturated carbocycles. The molecule has 0 radical (unpaired) electrons. The molecular weight excluding hydrogens is 961 g/mol. The van der Waals surface area contributed by atoms with Gasteiger partial charge in [0.05, 0.1) is 76.9 Å². The molecule has 76 heavy (non-hydrogen) atoms. The standard InChI is InChI=1S/C32H18N4O4.C28H14N4O4/c37-29-25-17-27-28(32(40)36(31(27)39)24-7-3-20(4-8-24)22-11-15-34-16-12-22)18-26(25)30(38)35(29)23-5-1-19(2-6-23)21-9-13-33-14-10-21;33-25-17-13-19-20(28(36)32(27(19)35)24-10-2-8-22-16(24)6-4-12-30-22)14-18(17)26(34)31(25)23-9-1-7-21-15(23)5-3-11-29-21/h1-18H;1-14H. The first-order chi connectivity index (χ1) is 37.0. The highest BCUT2D eigenvalue weighted by molar-refractivity contribution is 6.00. The molecule has 8 heterocycles. The molecule has 0 fully saturated rings. The Kier molecular flexibility index (Phi) is 10.3. The van der Waals surface area contributed by atoms with Gasteiger partial charge in [0.15, 0.2) is 0 Å². The molecular formula is C60H32N8O8. The largest absolute Gasteiger partial charge is 0.268 e. The van der Waals surface area contributed by atoms with Gasteiger partial charge in [-0.15, -0.1) is 0 Å². The average molecular weight is 993 g/mol. The van der Waals surface area contributed by atoms with Gasteiger partial charge in [0, 0.05) is 48.0 Å². The minimum absolute atomic E-state index is 0.0854. The fraction of sp³-hybridized carbons (Fsp3) is 0. The predicted molar refractivity (Wildman–Crippen MR) is 292 cm³/mol. The molecule has 0 aliphatic carbocycles. The maximum Gasteiger partial charge on any atom is 0.266 e. The van der Waals surface area contributed by atoms with Gasteiger partial charge >= 0.3 is 0 Å². The smallest absolute Gasteiger partial charge is 0.266 e. The van der Waals surface area contributed by atoms with Crippen LogP contribution in [-0.2, 0) is 0 Å². The van der Waals surface area contributed by atoms with Crippen molar-refractivity contribution in [1.82, 2.24) is 38.2 Å². The van der Waals surface area contributed by atoms with Gasteiger partial charge in [-0.2, -0.15) is 0 Å². The summed E-state index contributed by atoms with van der Waals surface area (Å²) in [7, 11) is 0. The van der Waals surface area contributed by atoms with Crippen LogP contribution < -0.4 is 44.5 Å². The topological polar surface area (TPSA) is 208 Å². The van der Waals surface area contributed by atoms with Crippen LogP contribution in [0.5, 0.6) is 0 Å². The first kappa shape index (κ1) is 44.9. The van der Waals surface area contributed by atoms with E-state index in [0.29, 0.717) is 44.6 Å². The molecule has 0 saturated heterocycles. The van der Waals surface area contributed by atoms with Crippen LogP contribution in [0.2, 0.25) is 0 Å². The van der Waals surface area contributed by atoms with E-state index in [0.717, 1.165) is 40.5 Å². The number of hydrogen-bond donors (Lipinski definition) is 0. The first-order valence-electron chi connectivity index (χ1n) is 23.7. The zero-order valence-electron chi connectivity index (χ0n) is 39.3. The third-order valence-corrected chi connectivity index (χ3v) is 13.8. The molecule has 0 atom stereocenters. The maximum absolute atomic E-state index is 13.4. The van der Waals surface area contributed by atoms with Gasteiger partial charge in [0.25, 0.3) is 44.5 Å². The van der Waals surface area contributed by atoms with Crippen LogP contribution in [0, 0.1) is 0 Å². The molecule has 16 heteroatoms. The number of hydrogen-bond acceptors (Lipinski definition) is 12. The average Bonchev–Trinajstić information content (AvgIpc) is 4.19. The molecule has 0 aliphatic rings. The van der Waals surface area contributed by atoms with Crippen LogP contribution in [0.3, 0.4) is 0 Å². The summed E-state index contributed by atoms with van der Waals surface area (Å²) < 4.78 is 4.29. The fourth-order valence-electron chi connectivity index (χ4n) is 10.1. The Balaban J connectivity index is 0.000000146. The van der Waals surface area contributed by atoms with Crippen molar-refractivity contribution < 1.29 is 0 Å². The summed E-state index contributed by atoms with van der Waals surface area (Å²) in [4.78, 5) is 124. The Hall–Kier alpha value is -11.0. The maximum atomic E-state index is 13.4. The highest BCUT2D eigenvalue weighted by Gasteiger charge is 2.24. The van der Waals surface area contributed by atoms with Gasteiger partial charge in [-0.1, -0.05) is 36.4 Å². The second-order valence-corrected chi connectivity index (χ2v) is 17.9. The van der Waals surface area contributed by atoms with E-state index in [9.17, 15) is 38.4 Å². The number of nitrogens with zero attached hydrogens (tertiary/aromatic N) is 8. The minimum Gasteiger partial charge on any atom is -0.268 e. The number of benzene rings is 6. The number of aromatic nitrogens is 8. The monoisotopic (exact) mass is 992 g/mol. The Morgan fingerprint density at radius 2 is 0.539 bits per heavy atom. The molecule has 8 aromatic heterocycles. The van der Waals surface area contributed by atoms with Crippen molar-refractivity contribution in [3.63, 3.8) is 0 Å². The van der Waals surface area contributed by atoms with E-state index in [2.05, 4.69) is 19.9 Å². The summed E-state index contributed by atoms with van der Waals surface area (Å²) in [5.74, 6) is 0. The summed E-state index contributed by atoms with van der Waals surface area (Å²) in [6.45, 7) is 0. The van der Waals surface area contributed by atoms with Crippen molar-refractivity contribution in [2.24, 2.45) is 0 Å². The third kappa shape index (κ3) is 6.93. The summed E-state index contributed by atoms with van der Waals surface area (Å²) in [5, 5.41) is 2.01. The van der Waals surface area contributed by atoms with Gasteiger partial charge in [-0.05, 0) is 144 Å². The molecule has 6 aromatic carbocycles. The summed E-state index contributed by atoms with van der Waals surface area (Å²) >= 11 is 0. The Bertz CT molecular complexity index is 4680. The van der Waals surface area contributed by atoms with Crippen LogP contribution >= 0.6 is 0 Å². The number of fused-ring (bicyclic) bond motifs is 6. The van der Waals surface area contributed by atoms with Gasteiger partial charge in [-0.3, -0.25) is 58.3 Å². The molecule has 360 valence electrons. The van der Waals surface area contributed by atoms with Crippen molar-refractivity contribution in [3.05, 3.63) is 278 Å². The van der Waals surface area contributed by atoms with E-state index in [-0.39, 0.29) is 43.1 Å². The van der Waals surface area contributed by atoms with E-state index in [1.807, 2.05) is 48.5 Å². The Labute approximate surface area is 424 Å². The molecule has 0 spiro atoms. The Morgan fingerprint density at radius 3 is 0.855 bits per heavy atom. The number of pyridine rings is 4. The predicted octanol–water partition coefficient (Wildman–Crippen LogP) is 7.00. The zero-order chi connectivity index (χ0) is 51.9. The second-order valence-electron chi connectivity index (χ2n) is 17.9. The van der Waals surface area contributed by atoms with E-state index in [1.165, 1.54) is 24.3 Å². The lowest BCUT2D eigenvalue weighted by molar-refractivity contribution is 0.988. The highest BCUT2D eigenvalue weighted by Crippen LogP contribution is 2.26. The quantitative estimate of drug-likeness (QED) is 0.165. The van der Waals surface area contributed by atoms with Crippen molar-refractivity contribution in [1.29, 1.82) is 0 Å². The van der Waals surface area contributed by atoms with Crippen LogP contribution in [0.25, 0.3) is 110 Å². The first-order valence-corrected chi connectivity index (χ1v) is 23.7. The molecule has 14 aromatic rings. The summed E-state index contributed by atoms with van der Waals surface area (Å²) in [5.41, 5.74) is 2.22. The molecule has 16 nitrogen and oxygen atoms in total. The lowest BCUT2D eigenvalue weighted by Gasteiger charge is -2.05. The van der Waals surface area contributed by atoms with Crippen LogP contribution in [0.4, 0.5) is 0 Å². The minimum atomic E-state index is -0.554. The highest BCUT2D eigenvalue weighted by atomic mass is 16.2. The van der Waals surface area contributed by atoms with Gasteiger partial charge < -0.3 is 0 Å². The summed E-state index contributed by atoms with van der Waals surface area (Å²) in [6, 6.07) is 44.4. The lowest BCUT2D eigenvalue weighted by Crippen LogP contribution is -2.24. The zero-order valence-corrected chi connectivity index (χ0v) is 39.3. The molecule has 0 bridgehead atoms. The molecule has 0 aliphatic heterocycles.